The fourth-order valence-electron chi connectivity index (χ4n) is 3.41. The zero-order chi connectivity index (χ0) is 19.1. The van der Waals surface area contributed by atoms with Gasteiger partial charge in [-0.15, -0.1) is 0 Å². The van der Waals surface area contributed by atoms with Gasteiger partial charge in [0.15, 0.2) is 0 Å². The highest BCUT2D eigenvalue weighted by Crippen LogP contribution is 2.27. The molecule has 27 heavy (non-hydrogen) atoms. The van der Waals surface area contributed by atoms with Crippen LogP contribution in [0.4, 0.5) is 14.6 Å². The lowest BCUT2D eigenvalue weighted by atomic mass is 9.95. The number of alkyl halides is 2. The van der Waals surface area contributed by atoms with E-state index in [0.717, 1.165) is 37.6 Å². The Balaban J connectivity index is 1.46. The number of rotatable bonds is 7. The predicted octanol–water partition coefficient (Wildman–Crippen LogP) is 1.69. The molecule has 3 rings (SSSR count). The molecule has 0 saturated carbocycles. The van der Waals surface area contributed by atoms with Crippen LogP contribution in [0.25, 0.3) is 0 Å². The highest BCUT2D eigenvalue weighted by atomic mass is 19.3. The Hall–Kier alpha value is -1.87. The number of morpholine rings is 1. The van der Waals surface area contributed by atoms with Crippen molar-refractivity contribution in [1.82, 2.24) is 14.9 Å². The molecule has 0 unspecified atom stereocenters. The number of halogens is 2. The molecule has 1 aromatic heterocycles. The number of carbonyl (C=O) groups excluding carboxylic acids is 1. The summed E-state index contributed by atoms with van der Waals surface area (Å²) in [5, 5.41) is 0. The molecule has 1 aromatic rings. The molecule has 2 fully saturated rings. The zero-order valence-electron chi connectivity index (χ0n) is 15.4. The molecule has 7 nitrogen and oxygen atoms in total. The van der Waals surface area contributed by atoms with Crippen molar-refractivity contribution in [2.45, 2.75) is 31.6 Å². The SMILES string of the molecule is O=C(CCOCC(F)F)N1CCC(c2nccc(N3CCOCC3)n2)CC1. The quantitative estimate of drug-likeness (QED) is 0.667. The second kappa shape index (κ2) is 9.89. The summed E-state index contributed by atoms with van der Waals surface area (Å²) >= 11 is 0. The van der Waals surface area contributed by atoms with Gasteiger partial charge in [-0.05, 0) is 18.9 Å². The van der Waals surface area contributed by atoms with E-state index in [1.807, 2.05) is 6.07 Å². The van der Waals surface area contributed by atoms with E-state index in [2.05, 4.69) is 9.88 Å². The molecular formula is C18H26F2N4O3. The van der Waals surface area contributed by atoms with Crippen molar-refractivity contribution < 1.29 is 23.0 Å². The van der Waals surface area contributed by atoms with Crippen LogP contribution in [0.1, 0.15) is 31.0 Å². The minimum atomic E-state index is -2.50. The first-order valence-electron chi connectivity index (χ1n) is 9.43. The van der Waals surface area contributed by atoms with Gasteiger partial charge in [-0.3, -0.25) is 4.79 Å². The molecule has 0 aliphatic carbocycles. The van der Waals surface area contributed by atoms with E-state index in [1.54, 1.807) is 11.1 Å². The molecule has 3 heterocycles. The normalized spacial score (nSPS) is 18.9. The molecule has 0 atom stereocenters. The average Bonchev–Trinajstić information content (AvgIpc) is 2.72. The first-order chi connectivity index (χ1) is 13.1. The van der Waals surface area contributed by atoms with Gasteiger partial charge in [0.25, 0.3) is 6.43 Å². The lowest BCUT2D eigenvalue weighted by molar-refractivity contribution is -0.133. The maximum atomic E-state index is 12.2. The summed E-state index contributed by atoms with van der Waals surface area (Å²) in [7, 11) is 0. The second-order valence-corrected chi connectivity index (χ2v) is 6.74. The molecule has 0 spiro atoms. The van der Waals surface area contributed by atoms with E-state index in [1.165, 1.54) is 0 Å². The fraction of sp³-hybridized carbons (Fsp3) is 0.722. The van der Waals surface area contributed by atoms with Crippen LogP contribution in [0.3, 0.4) is 0 Å². The maximum Gasteiger partial charge on any atom is 0.261 e. The molecule has 0 radical (unpaired) electrons. The van der Waals surface area contributed by atoms with Crippen LogP contribution >= 0.6 is 0 Å². The molecule has 1 amide bonds. The number of ether oxygens (including phenoxy) is 2. The smallest absolute Gasteiger partial charge is 0.261 e. The van der Waals surface area contributed by atoms with Crippen molar-refractivity contribution in [3.8, 4) is 0 Å². The van der Waals surface area contributed by atoms with Crippen molar-refractivity contribution in [3.63, 3.8) is 0 Å². The lowest BCUT2D eigenvalue weighted by Gasteiger charge is -2.32. The van der Waals surface area contributed by atoms with Crippen LogP contribution in [0, 0.1) is 0 Å². The van der Waals surface area contributed by atoms with E-state index in [9.17, 15) is 13.6 Å². The average molecular weight is 384 g/mol. The van der Waals surface area contributed by atoms with Crippen molar-refractivity contribution in [3.05, 3.63) is 18.1 Å². The van der Waals surface area contributed by atoms with Gasteiger partial charge < -0.3 is 19.3 Å². The largest absolute Gasteiger partial charge is 0.378 e. The third-order valence-electron chi connectivity index (χ3n) is 4.91. The van der Waals surface area contributed by atoms with E-state index < -0.39 is 13.0 Å². The Bertz CT molecular complexity index is 606. The summed E-state index contributed by atoms with van der Waals surface area (Å²) in [6, 6.07) is 1.92. The van der Waals surface area contributed by atoms with Gasteiger partial charge in [0.05, 0.1) is 26.2 Å². The van der Waals surface area contributed by atoms with Crippen LogP contribution in [-0.4, -0.2) is 79.8 Å². The van der Waals surface area contributed by atoms with Gasteiger partial charge in [0, 0.05) is 38.3 Å². The van der Waals surface area contributed by atoms with Gasteiger partial charge in [-0.25, -0.2) is 18.7 Å². The number of carbonyl (C=O) groups is 1. The van der Waals surface area contributed by atoms with Crippen molar-refractivity contribution in [1.29, 1.82) is 0 Å². The second-order valence-electron chi connectivity index (χ2n) is 6.74. The molecule has 9 heteroatoms. The summed E-state index contributed by atoms with van der Waals surface area (Å²) in [6.45, 7) is 3.75. The van der Waals surface area contributed by atoms with E-state index in [0.29, 0.717) is 26.3 Å². The number of piperidine rings is 1. The van der Waals surface area contributed by atoms with E-state index >= 15 is 0 Å². The minimum Gasteiger partial charge on any atom is -0.378 e. The number of hydrogen-bond acceptors (Lipinski definition) is 6. The number of hydrogen-bond donors (Lipinski definition) is 0. The minimum absolute atomic E-state index is 0.0355. The molecule has 0 aromatic carbocycles. The van der Waals surface area contributed by atoms with Crippen LogP contribution < -0.4 is 4.90 Å². The Labute approximate surface area is 157 Å². The highest BCUT2D eigenvalue weighted by Gasteiger charge is 2.26. The third kappa shape index (κ3) is 5.80. The molecule has 2 saturated heterocycles. The van der Waals surface area contributed by atoms with Gasteiger partial charge in [-0.1, -0.05) is 0 Å². The molecule has 150 valence electrons. The van der Waals surface area contributed by atoms with Crippen LogP contribution in [0.15, 0.2) is 12.3 Å². The summed E-state index contributed by atoms with van der Waals surface area (Å²) in [5.41, 5.74) is 0. The zero-order valence-corrected chi connectivity index (χ0v) is 15.4. The predicted molar refractivity (Wildman–Crippen MR) is 95.1 cm³/mol. The van der Waals surface area contributed by atoms with Crippen molar-refractivity contribution >= 4 is 11.7 Å². The van der Waals surface area contributed by atoms with Crippen LogP contribution in [-0.2, 0) is 14.3 Å². The van der Waals surface area contributed by atoms with Gasteiger partial charge in [0.2, 0.25) is 5.91 Å². The van der Waals surface area contributed by atoms with Crippen LogP contribution in [0.2, 0.25) is 0 Å². The maximum absolute atomic E-state index is 12.2. The Kier molecular flexibility index (Phi) is 7.28. The summed E-state index contributed by atoms with van der Waals surface area (Å²) in [4.78, 5) is 25.3. The van der Waals surface area contributed by atoms with Crippen molar-refractivity contribution in [2.75, 3.05) is 57.5 Å². The van der Waals surface area contributed by atoms with Crippen LogP contribution in [0.5, 0.6) is 0 Å². The molecule has 2 aliphatic heterocycles. The Morgan fingerprint density at radius 3 is 2.70 bits per heavy atom. The van der Waals surface area contributed by atoms with Gasteiger partial charge in [-0.2, -0.15) is 0 Å². The first kappa shape index (κ1) is 19.9. The number of amides is 1. The Morgan fingerprint density at radius 1 is 1.26 bits per heavy atom. The molecular weight excluding hydrogens is 358 g/mol. The number of aromatic nitrogens is 2. The van der Waals surface area contributed by atoms with Gasteiger partial charge in [0.1, 0.15) is 18.2 Å². The van der Waals surface area contributed by atoms with Crippen molar-refractivity contribution in [2.24, 2.45) is 0 Å². The Morgan fingerprint density at radius 2 is 2.00 bits per heavy atom. The highest BCUT2D eigenvalue weighted by molar-refractivity contribution is 5.76. The third-order valence-corrected chi connectivity index (χ3v) is 4.91. The standard InChI is InChI=1S/C18H26F2N4O3/c19-15(20)13-27-10-4-17(25)24-6-2-14(3-7-24)18-21-5-1-16(22-18)23-8-11-26-12-9-23/h1,5,14-15H,2-4,6-13H2. The number of nitrogens with zero attached hydrogens (tertiary/aromatic N) is 4. The monoisotopic (exact) mass is 384 g/mol. The lowest BCUT2D eigenvalue weighted by Crippen LogP contribution is -2.39. The fourth-order valence-corrected chi connectivity index (χ4v) is 3.41. The number of anilines is 1. The summed E-state index contributed by atoms with van der Waals surface area (Å²) in [6.07, 6.45) is 1.04. The summed E-state index contributed by atoms with van der Waals surface area (Å²) in [5.74, 6) is 1.93. The number of likely N-dealkylation sites (tertiary alicyclic amines) is 1. The molecule has 0 bridgehead atoms. The summed E-state index contributed by atoms with van der Waals surface area (Å²) < 4.78 is 34.2. The molecule has 0 N–H and O–H groups in total. The van der Waals surface area contributed by atoms with Gasteiger partial charge >= 0.3 is 0 Å². The first-order valence-corrected chi connectivity index (χ1v) is 9.43. The van der Waals surface area contributed by atoms with E-state index in [-0.39, 0.29) is 24.9 Å². The van der Waals surface area contributed by atoms with E-state index in [4.69, 9.17) is 14.5 Å². The topological polar surface area (TPSA) is 67.8 Å². The molecule has 2 aliphatic rings.